The van der Waals surface area contributed by atoms with E-state index in [1.54, 1.807) is 0 Å². The largest absolute Gasteiger partial charge is 0.353 e. The summed E-state index contributed by atoms with van der Waals surface area (Å²) in [5.74, 6) is 0. The van der Waals surface area contributed by atoms with E-state index in [1.807, 2.05) is 24.3 Å². The highest BCUT2D eigenvalue weighted by molar-refractivity contribution is 5.92. The first-order chi connectivity index (χ1) is 13.6. The lowest BCUT2D eigenvalue weighted by Crippen LogP contribution is -2.37. The molecule has 2 aliphatic rings. The third-order valence-electron chi connectivity index (χ3n) is 6.54. The van der Waals surface area contributed by atoms with Gasteiger partial charge in [0.25, 0.3) is 0 Å². The maximum Gasteiger partial charge on any atom is 0.353 e. The highest BCUT2D eigenvalue weighted by atomic mass is 16.2. The van der Waals surface area contributed by atoms with E-state index in [1.165, 1.54) is 40.1 Å². The second-order valence-corrected chi connectivity index (χ2v) is 9.51. The minimum atomic E-state index is -0.244. The van der Waals surface area contributed by atoms with Gasteiger partial charge in [-0.25, -0.2) is 9.80 Å². The summed E-state index contributed by atoms with van der Waals surface area (Å²) in [7, 11) is 0. The normalized spacial score (nSPS) is 19.6. The highest BCUT2D eigenvalue weighted by Gasteiger charge is 2.37. The van der Waals surface area contributed by atoms with Gasteiger partial charge in [0.2, 0.25) is 0 Å². The number of fused-ring (bicyclic) bond motifs is 1. The summed E-state index contributed by atoms with van der Waals surface area (Å²) in [5, 5.41) is 1.42. The van der Waals surface area contributed by atoms with Crippen LogP contribution in [0.2, 0.25) is 0 Å². The van der Waals surface area contributed by atoms with Gasteiger partial charge >= 0.3 is 6.03 Å². The molecule has 152 valence electrons. The summed E-state index contributed by atoms with van der Waals surface area (Å²) < 4.78 is 0. The van der Waals surface area contributed by atoms with E-state index in [4.69, 9.17) is 0 Å². The molecular formula is C24H30N4O. The van der Waals surface area contributed by atoms with Crippen LogP contribution in [-0.2, 0) is 10.8 Å². The number of benzene rings is 2. The molecule has 0 saturated carbocycles. The first-order valence-corrected chi connectivity index (χ1v) is 10.2. The molecule has 0 bridgehead atoms. The minimum absolute atomic E-state index is 0.166. The molecule has 0 atom stereocenters. The number of anilines is 1. The quantitative estimate of drug-likeness (QED) is 0.701. The predicted molar refractivity (Wildman–Crippen MR) is 118 cm³/mol. The van der Waals surface area contributed by atoms with Crippen molar-refractivity contribution in [1.82, 2.24) is 16.5 Å². The van der Waals surface area contributed by atoms with Gasteiger partial charge in [0.05, 0.1) is 5.69 Å². The zero-order chi connectivity index (χ0) is 21.0. The summed E-state index contributed by atoms with van der Waals surface area (Å²) >= 11 is 0. The van der Waals surface area contributed by atoms with Crippen LogP contribution >= 0.6 is 0 Å². The topological polar surface area (TPSA) is 56.4 Å². The van der Waals surface area contributed by atoms with Crippen molar-refractivity contribution in [2.45, 2.75) is 58.3 Å². The van der Waals surface area contributed by atoms with Gasteiger partial charge in [0.15, 0.2) is 0 Å². The van der Waals surface area contributed by atoms with Crippen molar-refractivity contribution in [2.75, 3.05) is 5.01 Å². The van der Waals surface area contributed by atoms with Crippen LogP contribution in [0.1, 0.15) is 68.4 Å². The summed E-state index contributed by atoms with van der Waals surface area (Å²) in [4.78, 5) is 11.8. The number of carbonyl (C=O) groups excluding carboxylic acids is 1. The second kappa shape index (κ2) is 6.71. The number of urea groups is 1. The van der Waals surface area contributed by atoms with Gasteiger partial charge in [-0.05, 0) is 76.1 Å². The zero-order valence-electron chi connectivity index (χ0n) is 17.9. The van der Waals surface area contributed by atoms with Crippen LogP contribution in [0.15, 0.2) is 43.0 Å². The Labute approximate surface area is 173 Å². The number of hydrazine groups is 3. The van der Waals surface area contributed by atoms with Crippen LogP contribution in [-0.4, -0.2) is 6.03 Å². The number of carbonyl (C=O) groups is 1. The number of nitrogens with one attached hydrogen (secondary N) is 3. The van der Waals surface area contributed by atoms with Crippen molar-refractivity contribution in [3.8, 4) is 0 Å². The summed E-state index contributed by atoms with van der Waals surface area (Å²) in [6.45, 7) is 16.0. The molecule has 1 aliphatic heterocycles. The molecule has 2 aromatic carbocycles. The molecule has 4 rings (SSSR count). The fourth-order valence-corrected chi connectivity index (χ4v) is 4.44. The maximum absolute atomic E-state index is 11.8. The van der Waals surface area contributed by atoms with Gasteiger partial charge in [-0.3, -0.25) is 5.43 Å². The molecule has 0 spiro atoms. The smallest absolute Gasteiger partial charge is 0.257 e. The van der Waals surface area contributed by atoms with E-state index in [-0.39, 0.29) is 16.9 Å². The van der Waals surface area contributed by atoms with Crippen molar-refractivity contribution in [3.63, 3.8) is 0 Å². The Bertz CT molecular complexity index is 989. The molecular weight excluding hydrogens is 360 g/mol. The Morgan fingerprint density at radius 1 is 1.00 bits per heavy atom. The third kappa shape index (κ3) is 3.34. The molecule has 1 heterocycles. The lowest BCUT2D eigenvalue weighted by atomic mass is 9.62. The molecule has 1 fully saturated rings. The van der Waals surface area contributed by atoms with E-state index < -0.39 is 0 Å². The Morgan fingerprint density at radius 2 is 1.59 bits per heavy atom. The van der Waals surface area contributed by atoms with Crippen LogP contribution in [0.3, 0.4) is 0 Å². The molecule has 2 aromatic rings. The highest BCUT2D eigenvalue weighted by Crippen LogP contribution is 2.47. The zero-order valence-corrected chi connectivity index (χ0v) is 17.9. The second-order valence-electron chi connectivity index (χ2n) is 9.51. The van der Waals surface area contributed by atoms with E-state index in [0.717, 1.165) is 16.8 Å². The van der Waals surface area contributed by atoms with Crippen LogP contribution < -0.4 is 21.5 Å². The van der Waals surface area contributed by atoms with Gasteiger partial charge in [-0.1, -0.05) is 58.5 Å². The predicted octanol–water partition coefficient (Wildman–Crippen LogP) is 4.86. The molecule has 2 amide bonds. The first-order valence-electron chi connectivity index (χ1n) is 10.2. The van der Waals surface area contributed by atoms with Crippen LogP contribution in [0.4, 0.5) is 10.5 Å². The number of hydrogen-bond acceptors (Lipinski definition) is 3. The van der Waals surface area contributed by atoms with Gasteiger partial charge < -0.3 is 0 Å². The van der Waals surface area contributed by atoms with Crippen LogP contribution in [0.25, 0.3) is 5.57 Å². The van der Waals surface area contributed by atoms with Gasteiger partial charge in [0, 0.05) is 0 Å². The van der Waals surface area contributed by atoms with E-state index in [9.17, 15) is 4.79 Å². The third-order valence-corrected chi connectivity index (χ3v) is 6.54. The number of amides is 2. The number of hydrogen-bond donors (Lipinski definition) is 3. The Kier molecular flexibility index (Phi) is 4.56. The molecule has 29 heavy (non-hydrogen) atoms. The number of rotatable bonds is 3. The lowest BCUT2D eigenvalue weighted by molar-refractivity contribution is 0.250. The van der Waals surface area contributed by atoms with Crippen molar-refractivity contribution >= 4 is 17.3 Å². The molecule has 5 nitrogen and oxygen atoms in total. The van der Waals surface area contributed by atoms with Gasteiger partial charge in [0.1, 0.15) is 0 Å². The maximum atomic E-state index is 11.8. The average molecular weight is 391 g/mol. The Balaban J connectivity index is 1.70. The van der Waals surface area contributed by atoms with Gasteiger partial charge in [-0.15, -0.1) is 11.1 Å². The van der Waals surface area contributed by atoms with Crippen molar-refractivity contribution in [1.29, 1.82) is 0 Å². The Morgan fingerprint density at radius 3 is 2.14 bits per heavy atom. The summed E-state index contributed by atoms with van der Waals surface area (Å²) in [6.07, 6.45) is 2.40. The SMILES string of the molecule is C=C(c1ccc(N2NNNC2=O)cc1)c1cc2c(cc1C)C(C)(C)CCC2(C)C. The van der Waals surface area contributed by atoms with E-state index >= 15 is 0 Å². The first kappa shape index (κ1) is 19.7. The lowest BCUT2D eigenvalue weighted by Gasteiger charge is -2.42. The van der Waals surface area contributed by atoms with Crippen LogP contribution in [0.5, 0.6) is 0 Å². The molecule has 1 aliphatic carbocycles. The van der Waals surface area contributed by atoms with E-state index in [2.05, 4.69) is 69.8 Å². The van der Waals surface area contributed by atoms with Crippen molar-refractivity contribution in [2.24, 2.45) is 0 Å². The fourth-order valence-electron chi connectivity index (χ4n) is 4.44. The molecule has 1 saturated heterocycles. The number of nitrogens with zero attached hydrogens (tertiary/aromatic N) is 1. The van der Waals surface area contributed by atoms with Gasteiger partial charge in [-0.2, -0.15) is 0 Å². The van der Waals surface area contributed by atoms with Crippen molar-refractivity contribution < 1.29 is 4.79 Å². The van der Waals surface area contributed by atoms with E-state index in [0.29, 0.717) is 0 Å². The monoisotopic (exact) mass is 390 g/mol. The number of aryl methyl sites for hydroxylation is 1. The molecule has 5 heteroatoms. The fraction of sp³-hybridized carbons (Fsp3) is 0.375. The summed E-state index contributed by atoms with van der Waals surface area (Å²) in [5.41, 5.74) is 16.4. The molecule has 0 radical (unpaired) electrons. The minimum Gasteiger partial charge on any atom is -0.257 e. The van der Waals surface area contributed by atoms with Crippen molar-refractivity contribution in [3.05, 3.63) is 70.8 Å². The van der Waals surface area contributed by atoms with Crippen LogP contribution in [0, 0.1) is 6.92 Å². The molecule has 0 unspecified atom stereocenters. The molecule has 3 N–H and O–H groups in total. The Hall–Kier alpha value is -2.63. The summed E-state index contributed by atoms with van der Waals surface area (Å²) in [6, 6.07) is 12.3. The standard InChI is InChI=1S/C24H30N4O/c1-15-13-20-21(24(5,6)12-11-23(20,3)4)14-19(15)16(2)17-7-9-18(10-8-17)28-22(29)25-26-27-28/h7-10,13-14,26-27H,2,11-12H2,1,3-6H3,(H,25,29). The molecule has 0 aromatic heterocycles. The average Bonchev–Trinajstić information content (AvgIpc) is 3.11.